The second kappa shape index (κ2) is 8.41. The highest BCUT2D eigenvalue weighted by molar-refractivity contribution is 7.12. The van der Waals surface area contributed by atoms with Crippen molar-refractivity contribution in [2.24, 2.45) is 0 Å². The fourth-order valence-corrected chi connectivity index (χ4v) is 4.01. The zero-order valence-corrected chi connectivity index (χ0v) is 15.4. The van der Waals surface area contributed by atoms with Gasteiger partial charge in [-0.2, -0.15) is 0 Å². The number of thiophene rings is 1. The molecule has 0 aliphatic carbocycles. The molecule has 1 saturated heterocycles. The van der Waals surface area contributed by atoms with E-state index in [-0.39, 0.29) is 17.7 Å². The van der Waals surface area contributed by atoms with Gasteiger partial charge >= 0.3 is 0 Å². The number of ketones is 1. The number of carbonyl (C=O) groups excluding carboxylic acids is 2. The monoisotopic (exact) mass is 356 g/mol. The van der Waals surface area contributed by atoms with Gasteiger partial charge in [0.15, 0.2) is 5.78 Å². The van der Waals surface area contributed by atoms with Crippen LogP contribution in [0.1, 0.15) is 35.0 Å². The second-order valence-corrected chi connectivity index (χ2v) is 7.51. The number of Topliss-reactive ketones (excluding diaryl/α,β-unsaturated/α-hetero) is 1. The van der Waals surface area contributed by atoms with Gasteiger partial charge in [0.1, 0.15) is 0 Å². The van der Waals surface area contributed by atoms with E-state index in [1.807, 2.05) is 28.5 Å². The second-order valence-electron chi connectivity index (χ2n) is 6.56. The van der Waals surface area contributed by atoms with Crippen molar-refractivity contribution in [3.05, 3.63) is 58.3 Å². The highest BCUT2D eigenvalue weighted by Crippen LogP contribution is 2.17. The fraction of sp³-hybridized carbons (Fsp3) is 0.400. The van der Waals surface area contributed by atoms with Crippen LogP contribution in [0.5, 0.6) is 0 Å². The summed E-state index contributed by atoms with van der Waals surface area (Å²) in [6.07, 6.45) is 0.607. The third-order valence-corrected chi connectivity index (χ3v) is 5.55. The maximum Gasteiger partial charge on any atom is 0.223 e. The molecule has 4 nitrogen and oxygen atoms in total. The molecule has 0 spiro atoms. The molecule has 25 heavy (non-hydrogen) atoms. The van der Waals surface area contributed by atoms with Gasteiger partial charge < -0.3 is 4.90 Å². The molecular formula is C20H24N2O2S. The fourth-order valence-electron chi connectivity index (χ4n) is 3.31. The van der Waals surface area contributed by atoms with Crippen LogP contribution in [-0.4, -0.2) is 47.2 Å². The van der Waals surface area contributed by atoms with Crippen molar-refractivity contribution < 1.29 is 9.59 Å². The highest BCUT2D eigenvalue weighted by Gasteiger charge is 2.27. The smallest absolute Gasteiger partial charge is 0.223 e. The summed E-state index contributed by atoms with van der Waals surface area (Å²) >= 11 is 1.44. The van der Waals surface area contributed by atoms with E-state index in [2.05, 4.69) is 36.1 Å². The van der Waals surface area contributed by atoms with E-state index in [9.17, 15) is 9.59 Å². The Kier molecular flexibility index (Phi) is 6.00. The molecule has 0 radical (unpaired) electrons. The summed E-state index contributed by atoms with van der Waals surface area (Å²) in [5.74, 6) is 0.162. The SMILES string of the molecule is C[C@@H]1CN(Cc2ccccc2)CCN1C(=O)CCC(=O)c1cccs1. The van der Waals surface area contributed by atoms with Crippen molar-refractivity contribution in [3.63, 3.8) is 0 Å². The van der Waals surface area contributed by atoms with Gasteiger partial charge in [0.05, 0.1) is 4.88 Å². The Hall–Kier alpha value is -1.98. The average molecular weight is 356 g/mol. The van der Waals surface area contributed by atoms with E-state index >= 15 is 0 Å². The third kappa shape index (κ3) is 4.77. The largest absolute Gasteiger partial charge is 0.337 e. The molecule has 5 heteroatoms. The molecule has 132 valence electrons. The number of rotatable bonds is 6. The summed E-state index contributed by atoms with van der Waals surface area (Å²) in [6, 6.07) is 14.3. The zero-order chi connectivity index (χ0) is 17.6. The van der Waals surface area contributed by atoms with Crippen molar-refractivity contribution >= 4 is 23.0 Å². The average Bonchev–Trinajstić information content (AvgIpc) is 3.15. The number of carbonyl (C=O) groups is 2. The molecule has 1 aliphatic rings. The van der Waals surface area contributed by atoms with Crippen LogP contribution in [0.2, 0.25) is 0 Å². The summed E-state index contributed by atoms with van der Waals surface area (Å²) in [4.78, 5) is 29.6. The minimum absolute atomic E-state index is 0.0683. The van der Waals surface area contributed by atoms with Crippen molar-refractivity contribution in [3.8, 4) is 0 Å². The minimum atomic E-state index is 0.0683. The number of nitrogens with zero attached hydrogens (tertiary/aromatic N) is 2. The van der Waals surface area contributed by atoms with Gasteiger partial charge in [0, 0.05) is 45.1 Å². The van der Waals surface area contributed by atoms with Crippen LogP contribution in [0.3, 0.4) is 0 Å². The van der Waals surface area contributed by atoms with Crippen molar-refractivity contribution in [1.82, 2.24) is 9.80 Å². The molecule has 2 aromatic rings. The molecular weight excluding hydrogens is 332 g/mol. The summed E-state index contributed by atoms with van der Waals surface area (Å²) in [5, 5.41) is 1.89. The highest BCUT2D eigenvalue weighted by atomic mass is 32.1. The van der Waals surface area contributed by atoms with Gasteiger partial charge in [-0.15, -0.1) is 11.3 Å². The van der Waals surface area contributed by atoms with Crippen LogP contribution >= 0.6 is 11.3 Å². The molecule has 1 amide bonds. The standard InChI is InChI=1S/C20H24N2O2S/c1-16-14-21(15-17-6-3-2-4-7-17)11-12-22(16)20(24)10-9-18(23)19-8-5-13-25-19/h2-8,13,16H,9-12,14-15H2,1H3/t16-/m1/s1. The summed E-state index contributed by atoms with van der Waals surface area (Å²) in [5.41, 5.74) is 1.30. The molecule has 1 aromatic heterocycles. The Morgan fingerprint density at radius 3 is 2.56 bits per heavy atom. The Morgan fingerprint density at radius 2 is 1.88 bits per heavy atom. The van der Waals surface area contributed by atoms with Crippen LogP contribution in [0, 0.1) is 0 Å². The van der Waals surface area contributed by atoms with Gasteiger partial charge in [0.25, 0.3) is 0 Å². The van der Waals surface area contributed by atoms with Crippen molar-refractivity contribution in [2.45, 2.75) is 32.4 Å². The minimum Gasteiger partial charge on any atom is -0.337 e. The van der Waals surface area contributed by atoms with Gasteiger partial charge in [-0.05, 0) is 23.9 Å². The first-order valence-corrected chi connectivity index (χ1v) is 9.64. The Balaban J connectivity index is 1.47. The van der Waals surface area contributed by atoms with Crippen LogP contribution in [0.4, 0.5) is 0 Å². The van der Waals surface area contributed by atoms with Crippen LogP contribution in [-0.2, 0) is 11.3 Å². The quantitative estimate of drug-likeness (QED) is 0.745. The zero-order valence-electron chi connectivity index (χ0n) is 14.6. The number of amides is 1. The van der Waals surface area contributed by atoms with Crippen LogP contribution < -0.4 is 0 Å². The first kappa shape index (κ1) is 17.8. The van der Waals surface area contributed by atoms with E-state index in [0.29, 0.717) is 12.8 Å². The molecule has 1 aromatic carbocycles. The molecule has 0 N–H and O–H groups in total. The predicted octanol–water partition coefficient (Wildman–Crippen LogP) is 3.44. The first-order chi connectivity index (χ1) is 12.1. The van der Waals surface area contributed by atoms with Crippen molar-refractivity contribution in [1.29, 1.82) is 0 Å². The van der Waals surface area contributed by atoms with Gasteiger partial charge in [-0.3, -0.25) is 14.5 Å². The molecule has 3 rings (SSSR count). The van der Waals surface area contributed by atoms with E-state index in [0.717, 1.165) is 31.1 Å². The predicted molar refractivity (Wildman–Crippen MR) is 101 cm³/mol. The van der Waals surface area contributed by atoms with Gasteiger partial charge in [-0.1, -0.05) is 36.4 Å². The molecule has 0 unspecified atom stereocenters. The lowest BCUT2D eigenvalue weighted by atomic mass is 10.1. The normalized spacial score (nSPS) is 18.3. The van der Waals surface area contributed by atoms with Crippen molar-refractivity contribution in [2.75, 3.05) is 19.6 Å². The number of piperazine rings is 1. The molecule has 0 saturated carbocycles. The Bertz CT molecular complexity index is 700. The van der Waals surface area contributed by atoms with E-state index in [1.54, 1.807) is 0 Å². The third-order valence-electron chi connectivity index (χ3n) is 4.64. The molecule has 1 atom stereocenters. The Morgan fingerprint density at radius 1 is 1.08 bits per heavy atom. The number of hydrogen-bond donors (Lipinski definition) is 0. The summed E-state index contributed by atoms with van der Waals surface area (Å²) in [6.45, 7) is 5.50. The lowest BCUT2D eigenvalue weighted by Gasteiger charge is -2.40. The van der Waals surface area contributed by atoms with E-state index in [4.69, 9.17) is 0 Å². The number of hydrogen-bond acceptors (Lipinski definition) is 4. The molecule has 2 heterocycles. The van der Waals surface area contributed by atoms with Crippen LogP contribution in [0.25, 0.3) is 0 Å². The van der Waals surface area contributed by atoms with E-state index < -0.39 is 0 Å². The molecule has 1 aliphatic heterocycles. The maximum atomic E-state index is 12.5. The summed E-state index contributed by atoms with van der Waals surface area (Å²) < 4.78 is 0. The lowest BCUT2D eigenvalue weighted by Crippen LogP contribution is -2.53. The van der Waals surface area contributed by atoms with Gasteiger partial charge in [-0.25, -0.2) is 0 Å². The number of benzene rings is 1. The maximum absolute atomic E-state index is 12.5. The lowest BCUT2D eigenvalue weighted by molar-refractivity contribution is -0.135. The van der Waals surface area contributed by atoms with Gasteiger partial charge in [0.2, 0.25) is 5.91 Å². The molecule has 0 bridgehead atoms. The molecule has 1 fully saturated rings. The first-order valence-electron chi connectivity index (χ1n) is 8.76. The van der Waals surface area contributed by atoms with E-state index in [1.165, 1.54) is 16.9 Å². The Labute approximate surface area is 153 Å². The topological polar surface area (TPSA) is 40.6 Å². The summed E-state index contributed by atoms with van der Waals surface area (Å²) in [7, 11) is 0. The van der Waals surface area contributed by atoms with Crippen LogP contribution in [0.15, 0.2) is 47.8 Å².